The molecule has 1 saturated heterocycles. The highest BCUT2D eigenvalue weighted by atomic mass is 35.5. The van der Waals surface area contributed by atoms with Gasteiger partial charge in [-0.25, -0.2) is 0 Å². The van der Waals surface area contributed by atoms with Crippen LogP contribution in [0.15, 0.2) is 42.5 Å². The standard InChI is InChI=1S/C19H20Cl3N3O/c1-12(23)19(26)24-8-9-25(17-7-6-15(21)10-16(17)22)18(11-24)13-2-4-14(20)5-3-13/h2-7,10,12,18H,8-9,11,23H2,1H3/t12-,18-/m0/s1. The lowest BCUT2D eigenvalue weighted by atomic mass is 10.0. The Morgan fingerprint density at radius 3 is 2.35 bits per heavy atom. The summed E-state index contributed by atoms with van der Waals surface area (Å²) >= 11 is 18.5. The molecular formula is C19H20Cl3N3O. The summed E-state index contributed by atoms with van der Waals surface area (Å²) in [6, 6.07) is 12.5. The molecule has 0 bridgehead atoms. The van der Waals surface area contributed by atoms with E-state index < -0.39 is 6.04 Å². The SMILES string of the molecule is C[C@H](N)C(=O)N1CCN(c2ccc(Cl)cc2Cl)[C@H](c2ccc(Cl)cc2)C1. The monoisotopic (exact) mass is 411 g/mol. The first-order chi connectivity index (χ1) is 12.4. The molecule has 0 aromatic heterocycles. The summed E-state index contributed by atoms with van der Waals surface area (Å²) in [7, 11) is 0. The van der Waals surface area contributed by atoms with E-state index in [-0.39, 0.29) is 11.9 Å². The number of amides is 1. The van der Waals surface area contributed by atoms with Gasteiger partial charge in [-0.15, -0.1) is 0 Å². The van der Waals surface area contributed by atoms with Crippen molar-refractivity contribution in [3.05, 3.63) is 63.1 Å². The van der Waals surface area contributed by atoms with Crippen LogP contribution in [-0.4, -0.2) is 36.5 Å². The average Bonchev–Trinajstić information content (AvgIpc) is 2.61. The molecule has 1 aliphatic rings. The minimum atomic E-state index is -0.522. The van der Waals surface area contributed by atoms with Gasteiger partial charge in [-0.1, -0.05) is 46.9 Å². The van der Waals surface area contributed by atoms with Crippen LogP contribution in [0.2, 0.25) is 15.1 Å². The van der Waals surface area contributed by atoms with Crippen LogP contribution in [0.3, 0.4) is 0 Å². The van der Waals surface area contributed by atoms with Gasteiger partial charge in [-0.3, -0.25) is 4.79 Å². The topological polar surface area (TPSA) is 49.6 Å². The zero-order valence-electron chi connectivity index (χ0n) is 14.3. The zero-order valence-corrected chi connectivity index (χ0v) is 16.6. The zero-order chi connectivity index (χ0) is 18.8. The Kier molecular flexibility index (Phi) is 5.98. The summed E-state index contributed by atoms with van der Waals surface area (Å²) in [5, 5.41) is 1.85. The molecule has 4 nitrogen and oxygen atoms in total. The lowest BCUT2D eigenvalue weighted by molar-refractivity contribution is -0.133. The molecule has 2 atom stereocenters. The Bertz CT molecular complexity index is 795. The van der Waals surface area contributed by atoms with E-state index in [4.69, 9.17) is 40.5 Å². The van der Waals surface area contributed by atoms with Crippen LogP contribution in [0.5, 0.6) is 0 Å². The molecule has 1 fully saturated rings. The van der Waals surface area contributed by atoms with Crippen molar-refractivity contribution in [2.45, 2.75) is 19.0 Å². The predicted molar refractivity (Wildman–Crippen MR) is 108 cm³/mol. The van der Waals surface area contributed by atoms with Gasteiger partial charge in [0.15, 0.2) is 0 Å². The maximum Gasteiger partial charge on any atom is 0.239 e. The maximum atomic E-state index is 12.4. The number of nitrogens with zero attached hydrogens (tertiary/aromatic N) is 2. The van der Waals surface area contributed by atoms with Crippen LogP contribution in [-0.2, 0) is 4.79 Å². The van der Waals surface area contributed by atoms with Gasteiger partial charge >= 0.3 is 0 Å². The Hall–Kier alpha value is -1.46. The minimum Gasteiger partial charge on any atom is -0.360 e. The summed E-state index contributed by atoms with van der Waals surface area (Å²) in [6.07, 6.45) is 0. The first-order valence-electron chi connectivity index (χ1n) is 8.38. The third kappa shape index (κ3) is 4.09. The van der Waals surface area contributed by atoms with E-state index in [1.165, 1.54) is 0 Å². The van der Waals surface area contributed by atoms with Gasteiger partial charge in [0.05, 0.1) is 22.8 Å². The molecule has 26 heavy (non-hydrogen) atoms. The van der Waals surface area contributed by atoms with Crippen LogP contribution in [0.1, 0.15) is 18.5 Å². The molecule has 0 saturated carbocycles. The van der Waals surface area contributed by atoms with Crippen molar-refractivity contribution in [3.63, 3.8) is 0 Å². The van der Waals surface area contributed by atoms with E-state index in [1.54, 1.807) is 13.0 Å². The highest BCUT2D eigenvalue weighted by Gasteiger charge is 2.32. The Morgan fingerprint density at radius 2 is 1.73 bits per heavy atom. The van der Waals surface area contributed by atoms with Crippen LogP contribution in [0, 0.1) is 0 Å². The second-order valence-electron chi connectivity index (χ2n) is 6.43. The number of anilines is 1. The molecule has 2 aromatic rings. The van der Waals surface area contributed by atoms with Crippen molar-refractivity contribution in [1.29, 1.82) is 0 Å². The average molecular weight is 413 g/mol. The first kappa shape index (κ1) is 19.3. The molecule has 1 amide bonds. The summed E-state index contributed by atoms with van der Waals surface area (Å²) < 4.78 is 0. The predicted octanol–water partition coefficient (Wildman–Crippen LogP) is 4.38. The number of piperazine rings is 1. The second-order valence-corrected chi connectivity index (χ2v) is 7.71. The normalized spacial score (nSPS) is 18.7. The molecule has 7 heteroatoms. The van der Waals surface area contributed by atoms with Crippen LogP contribution in [0.4, 0.5) is 5.69 Å². The van der Waals surface area contributed by atoms with Crippen molar-refractivity contribution in [2.24, 2.45) is 5.73 Å². The fourth-order valence-corrected chi connectivity index (χ4v) is 3.89. The third-order valence-electron chi connectivity index (χ3n) is 4.56. The van der Waals surface area contributed by atoms with Gasteiger partial charge in [-0.2, -0.15) is 0 Å². The fourth-order valence-electron chi connectivity index (χ4n) is 3.24. The second kappa shape index (κ2) is 8.05. The highest BCUT2D eigenvalue weighted by Crippen LogP contribution is 2.36. The van der Waals surface area contributed by atoms with Crippen molar-refractivity contribution >= 4 is 46.4 Å². The largest absolute Gasteiger partial charge is 0.360 e. The van der Waals surface area contributed by atoms with Crippen LogP contribution in [0.25, 0.3) is 0 Å². The summed E-state index contributed by atoms with van der Waals surface area (Å²) in [5.41, 5.74) is 7.75. The number of carbonyl (C=O) groups is 1. The van der Waals surface area contributed by atoms with Gasteiger partial charge in [0.25, 0.3) is 0 Å². The molecule has 0 spiro atoms. The van der Waals surface area contributed by atoms with E-state index in [9.17, 15) is 4.79 Å². The number of carbonyl (C=O) groups excluding carboxylic acids is 1. The van der Waals surface area contributed by atoms with Gasteiger partial charge in [0, 0.05) is 29.7 Å². The summed E-state index contributed by atoms with van der Waals surface area (Å²) in [4.78, 5) is 16.4. The van der Waals surface area contributed by atoms with Gasteiger partial charge in [0.1, 0.15) is 0 Å². The number of hydrogen-bond donors (Lipinski definition) is 1. The number of halogens is 3. The molecule has 0 radical (unpaired) electrons. The van der Waals surface area contributed by atoms with Crippen molar-refractivity contribution in [1.82, 2.24) is 4.90 Å². The first-order valence-corrected chi connectivity index (χ1v) is 9.51. The quantitative estimate of drug-likeness (QED) is 0.813. The fraction of sp³-hybridized carbons (Fsp3) is 0.316. The minimum absolute atomic E-state index is 0.0502. The van der Waals surface area contributed by atoms with E-state index in [0.29, 0.717) is 34.7 Å². The molecular weight excluding hydrogens is 393 g/mol. The van der Waals surface area contributed by atoms with Gasteiger partial charge in [-0.05, 0) is 42.8 Å². The lowest BCUT2D eigenvalue weighted by Gasteiger charge is -2.43. The van der Waals surface area contributed by atoms with E-state index >= 15 is 0 Å². The Labute approximate surface area is 168 Å². The summed E-state index contributed by atoms with van der Waals surface area (Å²) in [6.45, 7) is 3.47. The Morgan fingerprint density at radius 1 is 1.08 bits per heavy atom. The number of hydrogen-bond acceptors (Lipinski definition) is 3. The molecule has 2 N–H and O–H groups in total. The lowest BCUT2D eigenvalue weighted by Crippen LogP contribution is -2.54. The van der Waals surface area contributed by atoms with Gasteiger partial charge in [0.2, 0.25) is 5.91 Å². The molecule has 0 unspecified atom stereocenters. The van der Waals surface area contributed by atoms with E-state index in [2.05, 4.69) is 4.90 Å². The van der Waals surface area contributed by atoms with Gasteiger partial charge < -0.3 is 15.5 Å². The van der Waals surface area contributed by atoms with Crippen LogP contribution < -0.4 is 10.6 Å². The van der Waals surface area contributed by atoms with Crippen LogP contribution >= 0.6 is 34.8 Å². The highest BCUT2D eigenvalue weighted by molar-refractivity contribution is 6.36. The number of rotatable bonds is 3. The Balaban J connectivity index is 1.97. The molecule has 138 valence electrons. The smallest absolute Gasteiger partial charge is 0.239 e. The number of nitrogens with two attached hydrogens (primary N) is 1. The van der Waals surface area contributed by atoms with E-state index in [0.717, 1.165) is 11.3 Å². The van der Waals surface area contributed by atoms with Crippen molar-refractivity contribution in [2.75, 3.05) is 24.5 Å². The molecule has 1 aliphatic heterocycles. The molecule has 3 rings (SSSR count). The molecule has 2 aromatic carbocycles. The third-order valence-corrected chi connectivity index (χ3v) is 5.35. The van der Waals surface area contributed by atoms with Crippen molar-refractivity contribution < 1.29 is 4.79 Å². The molecule has 0 aliphatic carbocycles. The molecule has 1 heterocycles. The number of benzene rings is 2. The maximum absolute atomic E-state index is 12.4. The van der Waals surface area contributed by atoms with E-state index in [1.807, 2.05) is 41.3 Å². The van der Waals surface area contributed by atoms with Crippen molar-refractivity contribution in [3.8, 4) is 0 Å². The summed E-state index contributed by atoms with van der Waals surface area (Å²) in [5.74, 6) is -0.0502.